The molecule has 1 aliphatic heterocycles. The lowest BCUT2D eigenvalue weighted by atomic mass is 10.1. The summed E-state index contributed by atoms with van der Waals surface area (Å²) in [7, 11) is -3.76. The van der Waals surface area contributed by atoms with Crippen LogP contribution < -0.4 is 5.32 Å². The Labute approximate surface area is 161 Å². The number of carbonyl (C=O) groups is 1. The number of hydrogen-bond donors (Lipinski definition) is 1. The number of carbonyl (C=O) groups excluding carboxylic acids is 1. The largest absolute Gasteiger partial charge is 0.379 e. The summed E-state index contributed by atoms with van der Waals surface area (Å²) in [5.74, 6) is -1.27. The quantitative estimate of drug-likeness (QED) is 0.837. The summed E-state index contributed by atoms with van der Waals surface area (Å²) in [5, 5.41) is 2.69. The van der Waals surface area contributed by atoms with E-state index in [1.165, 1.54) is 28.6 Å². The molecule has 1 aliphatic rings. The molecule has 0 aromatic heterocycles. The van der Waals surface area contributed by atoms with Crippen molar-refractivity contribution >= 4 is 33.2 Å². The molecule has 1 fully saturated rings. The first kappa shape index (κ1) is 19.8. The molecule has 2 aromatic rings. The van der Waals surface area contributed by atoms with E-state index in [1.54, 1.807) is 13.0 Å². The van der Waals surface area contributed by atoms with Crippen molar-refractivity contribution in [2.45, 2.75) is 11.8 Å². The van der Waals surface area contributed by atoms with Crippen molar-refractivity contribution in [2.75, 3.05) is 31.6 Å². The van der Waals surface area contributed by atoms with Crippen molar-refractivity contribution in [2.24, 2.45) is 0 Å². The Hall–Kier alpha value is -2.00. The molecule has 0 spiro atoms. The number of morpholine rings is 1. The number of amides is 1. The highest BCUT2D eigenvalue weighted by molar-refractivity contribution is 7.89. The fraction of sp³-hybridized carbons (Fsp3) is 0.278. The maximum absolute atomic E-state index is 13.8. The number of aryl methyl sites for hydroxylation is 1. The van der Waals surface area contributed by atoms with Gasteiger partial charge in [-0.3, -0.25) is 4.79 Å². The lowest BCUT2D eigenvalue weighted by Gasteiger charge is -2.26. The molecule has 3 rings (SSSR count). The summed E-state index contributed by atoms with van der Waals surface area (Å²) in [4.78, 5) is 12.5. The Bertz CT molecular complexity index is 975. The number of halogens is 2. The molecule has 2 aromatic carbocycles. The third kappa shape index (κ3) is 4.30. The molecule has 0 unspecified atom stereocenters. The van der Waals surface area contributed by atoms with Crippen LogP contribution >= 0.6 is 11.6 Å². The van der Waals surface area contributed by atoms with Gasteiger partial charge in [-0.25, -0.2) is 12.8 Å². The number of nitrogens with zero attached hydrogens (tertiary/aromatic N) is 1. The van der Waals surface area contributed by atoms with E-state index in [-0.39, 0.29) is 34.3 Å². The van der Waals surface area contributed by atoms with Crippen LogP contribution in [0.3, 0.4) is 0 Å². The normalized spacial score (nSPS) is 15.5. The minimum Gasteiger partial charge on any atom is -0.379 e. The van der Waals surface area contributed by atoms with Gasteiger partial charge in [-0.2, -0.15) is 4.31 Å². The van der Waals surface area contributed by atoms with Gasteiger partial charge in [0.15, 0.2) is 0 Å². The minimum atomic E-state index is -3.76. The van der Waals surface area contributed by atoms with E-state index in [0.29, 0.717) is 18.8 Å². The molecule has 1 amide bonds. The molecule has 0 aliphatic carbocycles. The molecule has 0 radical (unpaired) electrons. The third-order valence-corrected chi connectivity index (χ3v) is 6.49. The number of ether oxygens (including phenoxy) is 1. The Morgan fingerprint density at radius 1 is 1.19 bits per heavy atom. The van der Waals surface area contributed by atoms with Gasteiger partial charge in [-0.05, 0) is 42.8 Å². The maximum atomic E-state index is 13.8. The molecular formula is C18H18ClFN2O4S. The summed E-state index contributed by atoms with van der Waals surface area (Å²) < 4.78 is 46.2. The van der Waals surface area contributed by atoms with Crippen LogP contribution in [0.4, 0.5) is 10.1 Å². The van der Waals surface area contributed by atoms with Gasteiger partial charge in [-0.15, -0.1) is 0 Å². The van der Waals surface area contributed by atoms with E-state index >= 15 is 0 Å². The smallest absolute Gasteiger partial charge is 0.255 e. The summed E-state index contributed by atoms with van der Waals surface area (Å²) in [6.45, 7) is 2.82. The number of hydrogen-bond acceptors (Lipinski definition) is 4. The fourth-order valence-corrected chi connectivity index (χ4v) is 4.56. The van der Waals surface area contributed by atoms with Gasteiger partial charge < -0.3 is 10.1 Å². The Balaban J connectivity index is 1.90. The van der Waals surface area contributed by atoms with Gasteiger partial charge in [0.05, 0.1) is 23.8 Å². The van der Waals surface area contributed by atoms with Crippen molar-refractivity contribution in [1.29, 1.82) is 0 Å². The van der Waals surface area contributed by atoms with E-state index in [2.05, 4.69) is 5.32 Å². The van der Waals surface area contributed by atoms with Gasteiger partial charge in [0.25, 0.3) is 5.91 Å². The number of rotatable bonds is 4. The van der Waals surface area contributed by atoms with Gasteiger partial charge in [0.1, 0.15) is 5.82 Å². The lowest BCUT2D eigenvalue weighted by Crippen LogP contribution is -2.40. The van der Waals surface area contributed by atoms with Gasteiger partial charge in [0, 0.05) is 23.7 Å². The van der Waals surface area contributed by atoms with Crippen molar-refractivity contribution in [3.63, 3.8) is 0 Å². The Kier molecular flexibility index (Phi) is 5.81. The second kappa shape index (κ2) is 7.93. The predicted octanol–water partition coefficient (Wildman–Crippen LogP) is 3.06. The minimum absolute atomic E-state index is 0.0450. The molecule has 9 heteroatoms. The monoisotopic (exact) mass is 412 g/mol. The highest BCUT2D eigenvalue weighted by Crippen LogP contribution is 2.24. The first-order chi connectivity index (χ1) is 12.8. The van der Waals surface area contributed by atoms with Crippen LogP contribution in [0.15, 0.2) is 41.3 Å². The van der Waals surface area contributed by atoms with Crippen molar-refractivity contribution < 1.29 is 22.3 Å². The van der Waals surface area contributed by atoms with Crippen LogP contribution in [0.1, 0.15) is 15.9 Å². The van der Waals surface area contributed by atoms with Crippen molar-refractivity contribution in [3.8, 4) is 0 Å². The van der Waals surface area contributed by atoms with E-state index < -0.39 is 21.7 Å². The van der Waals surface area contributed by atoms with Crippen molar-refractivity contribution in [3.05, 3.63) is 58.4 Å². The molecule has 0 bridgehead atoms. The first-order valence-electron chi connectivity index (χ1n) is 8.24. The number of anilines is 1. The molecule has 144 valence electrons. The lowest BCUT2D eigenvalue weighted by molar-refractivity contribution is 0.0730. The highest BCUT2D eigenvalue weighted by atomic mass is 35.5. The average Bonchev–Trinajstić information content (AvgIpc) is 2.65. The number of benzene rings is 2. The molecular weight excluding hydrogens is 395 g/mol. The summed E-state index contributed by atoms with van der Waals surface area (Å²) in [6.07, 6.45) is 0. The Morgan fingerprint density at radius 3 is 2.59 bits per heavy atom. The zero-order valence-electron chi connectivity index (χ0n) is 14.5. The Morgan fingerprint density at radius 2 is 1.89 bits per heavy atom. The number of nitrogens with one attached hydrogen (secondary N) is 1. The van der Waals surface area contributed by atoms with E-state index in [1.807, 2.05) is 0 Å². The summed E-state index contributed by atoms with van der Waals surface area (Å²) in [5.41, 5.74) is 0.546. The fourth-order valence-electron chi connectivity index (χ4n) is 2.73. The molecule has 0 saturated carbocycles. The van der Waals surface area contributed by atoms with Crippen LogP contribution in [0, 0.1) is 12.7 Å². The SMILES string of the molecule is Cc1ccc(C(=O)Nc2cc(Cl)ccc2F)cc1S(=O)(=O)N1CCOCC1. The molecule has 0 atom stereocenters. The highest BCUT2D eigenvalue weighted by Gasteiger charge is 2.28. The van der Waals surface area contributed by atoms with Crippen LogP contribution in [-0.2, 0) is 14.8 Å². The van der Waals surface area contributed by atoms with Gasteiger partial charge in [0.2, 0.25) is 10.0 Å². The van der Waals surface area contributed by atoms with Gasteiger partial charge >= 0.3 is 0 Å². The molecule has 1 N–H and O–H groups in total. The van der Waals surface area contributed by atoms with Crippen molar-refractivity contribution in [1.82, 2.24) is 4.31 Å². The summed E-state index contributed by atoms with van der Waals surface area (Å²) >= 11 is 5.83. The van der Waals surface area contributed by atoms with Crippen LogP contribution in [0.2, 0.25) is 5.02 Å². The number of sulfonamides is 1. The van der Waals surface area contributed by atoms with Crippen LogP contribution in [0.25, 0.3) is 0 Å². The van der Waals surface area contributed by atoms with E-state index in [0.717, 1.165) is 6.07 Å². The molecule has 1 heterocycles. The molecule has 27 heavy (non-hydrogen) atoms. The zero-order valence-corrected chi connectivity index (χ0v) is 16.1. The topological polar surface area (TPSA) is 75.7 Å². The molecule has 6 nitrogen and oxygen atoms in total. The third-order valence-electron chi connectivity index (χ3n) is 4.21. The van der Waals surface area contributed by atoms with E-state index in [4.69, 9.17) is 16.3 Å². The first-order valence-corrected chi connectivity index (χ1v) is 10.1. The molecule has 1 saturated heterocycles. The second-order valence-corrected chi connectivity index (χ2v) is 8.42. The zero-order chi connectivity index (χ0) is 19.6. The second-order valence-electron chi connectivity index (χ2n) is 6.08. The average molecular weight is 413 g/mol. The van der Waals surface area contributed by atoms with Crippen LogP contribution in [0.5, 0.6) is 0 Å². The van der Waals surface area contributed by atoms with E-state index in [9.17, 15) is 17.6 Å². The standard InChI is InChI=1S/C18H18ClFN2O4S/c1-12-2-3-13(18(23)21-16-11-14(19)4-5-15(16)20)10-17(12)27(24,25)22-6-8-26-9-7-22/h2-5,10-11H,6-9H2,1H3,(H,21,23). The summed E-state index contributed by atoms with van der Waals surface area (Å²) in [6, 6.07) is 8.14. The predicted molar refractivity (Wildman–Crippen MR) is 100 cm³/mol. The maximum Gasteiger partial charge on any atom is 0.255 e. The van der Waals surface area contributed by atoms with Crippen LogP contribution in [-0.4, -0.2) is 44.9 Å². The van der Waals surface area contributed by atoms with Gasteiger partial charge in [-0.1, -0.05) is 17.7 Å².